The first-order chi connectivity index (χ1) is 7.40. The molecule has 4 nitrogen and oxygen atoms in total. The zero-order valence-corrected chi connectivity index (χ0v) is 8.35. The lowest BCUT2D eigenvalue weighted by Gasteiger charge is -2.23. The molecule has 0 aromatic carbocycles. The van der Waals surface area contributed by atoms with Gasteiger partial charge in [-0.2, -0.15) is 5.26 Å². The Bertz CT molecular complexity index is 367. The van der Waals surface area contributed by atoms with Crippen LogP contribution in [0.4, 0.5) is 0 Å². The van der Waals surface area contributed by atoms with Gasteiger partial charge in [0.1, 0.15) is 12.2 Å². The van der Waals surface area contributed by atoms with E-state index in [0.717, 1.165) is 26.1 Å². The van der Waals surface area contributed by atoms with Gasteiger partial charge in [-0.1, -0.05) is 0 Å². The molecule has 0 atom stereocenters. The summed E-state index contributed by atoms with van der Waals surface area (Å²) in [6.07, 6.45) is 5.08. The first-order valence-corrected chi connectivity index (χ1v) is 4.98. The molecule has 1 fully saturated rings. The van der Waals surface area contributed by atoms with E-state index in [9.17, 15) is 0 Å². The summed E-state index contributed by atoms with van der Waals surface area (Å²) in [4.78, 5) is 3.95. The van der Waals surface area contributed by atoms with Gasteiger partial charge in [0.25, 0.3) is 0 Å². The SMILES string of the molecule is N#Cc1ccncc1OC1CCOCC1. The van der Waals surface area contributed by atoms with Crippen molar-refractivity contribution in [3.63, 3.8) is 0 Å². The number of nitriles is 1. The molecule has 2 rings (SSSR count). The van der Waals surface area contributed by atoms with E-state index in [-0.39, 0.29) is 6.10 Å². The molecule has 0 saturated carbocycles. The second-order valence-electron chi connectivity index (χ2n) is 3.41. The van der Waals surface area contributed by atoms with Crippen molar-refractivity contribution in [3.8, 4) is 11.8 Å². The highest BCUT2D eigenvalue weighted by Crippen LogP contribution is 2.20. The van der Waals surface area contributed by atoms with Crippen molar-refractivity contribution in [1.29, 1.82) is 5.26 Å². The van der Waals surface area contributed by atoms with Crippen LogP contribution in [0.1, 0.15) is 18.4 Å². The molecule has 0 N–H and O–H groups in total. The number of hydrogen-bond acceptors (Lipinski definition) is 4. The van der Waals surface area contributed by atoms with E-state index >= 15 is 0 Å². The average Bonchev–Trinajstić information content (AvgIpc) is 2.31. The Morgan fingerprint density at radius 3 is 3.00 bits per heavy atom. The number of ether oxygens (including phenoxy) is 2. The van der Waals surface area contributed by atoms with E-state index in [1.54, 1.807) is 18.5 Å². The maximum atomic E-state index is 8.87. The zero-order chi connectivity index (χ0) is 10.5. The number of pyridine rings is 1. The number of rotatable bonds is 2. The molecule has 0 aliphatic carbocycles. The van der Waals surface area contributed by atoms with Crippen LogP contribution in [0.15, 0.2) is 18.5 Å². The smallest absolute Gasteiger partial charge is 0.155 e. The van der Waals surface area contributed by atoms with Crippen LogP contribution in [0, 0.1) is 11.3 Å². The fourth-order valence-electron chi connectivity index (χ4n) is 1.54. The predicted molar refractivity (Wildman–Crippen MR) is 53.4 cm³/mol. The second kappa shape index (κ2) is 4.76. The first kappa shape index (κ1) is 9.94. The highest BCUT2D eigenvalue weighted by atomic mass is 16.5. The molecule has 1 saturated heterocycles. The largest absolute Gasteiger partial charge is 0.487 e. The molecule has 1 aliphatic heterocycles. The number of nitrogens with zero attached hydrogens (tertiary/aromatic N) is 2. The summed E-state index contributed by atoms with van der Waals surface area (Å²) in [7, 11) is 0. The van der Waals surface area contributed by atoms with Crippen LogP contribution in [-0.2, 0) is 4.74 Å². The normalized spacial score (nSPS) is 17.0. The van der Waals surface area contributed by atoms with Crippen LogP contribution >= 0.6 is 0 Å². The third-order valence-corrected chi connectivity index (χ3v) is 2.37. The van der Waals surface area contributed by atoms with Crippen molar-refractivity contribution in [2.45, 2.75) is 18.9 Å². The maximum absolute atomic E-state index is 8.87. The van der Waals surface area contributed by atoms with Crippen LogP contribution in [0.25, 0.3) is 0 Å². The molecule has 0 radical (unpaired) electrons. The quantitative estimate of drug-likeness (QED) is 0.732. The Morgan fingerprint density at radius 1 is 1.47 bits per heavy atom. The average molecular weight is 204 g/mol. The summed E-state index contributed by atoms with van der Waals surface area (Å²) in [6.45, 7) is 1.46. The highest BCUT2D eigenvalue weighted by Gasteiger charge is 2.16. The fraction of sp³-hybridized carbons (Fsp3) is 0.455. The van der Waals surface area contributed by atoms with Crippen LogP contribution in [0.3, 0.4) is 0 Å². The third-order valence-electron chi connectivity index (χ3n) is 2.37. The zero-order valence-electron chi connectivity index (χ0n) is 8.35. The van der Waals surface area contributed by atoms with Crippen LogP contribution < -0.4 is 4.74 Å². The Labute approximate surface area is 88.5 Å². The molecule has 1 aromatic rings. The van der Waals surface area contributed by atoms with Gasteiger partial charge >= 0.3 is 0 Å². The van der Waals surface area contributed by atoms with E-state index < -0.39 is 0 Å². The molecular formula is C11H12N2O2. The van der Waals surface area contributed by atoms with E-state index in [4.69, 9.17) is 14.7 Å². The van der Waals surface area contributed by atoms with E-state index in [2.05, 4.69) is 11.1 Å². The lowest BCUT2D eigenvalue weighted by atomic mass is 10.1. The molecule has 1 aliphatic rings. The summed E-state index contributed by atoms with van der Waals surface area (Å²) in [6, 6.07) is 3.75. The Hall–Kier alpha value is -1.60. The molecule has 78 valence electrons. The van der Waals surface area contributed by atoms with Gasteiger partial charge in [-0.25, -0.2) is 0 Å². The number of aromatic nitrogens is 1. The van der Waals surface area contributed by atoms with Gasteiger partial charge in [-0.3, -0.25) is 4.98 Å². The van der Waals surface area contributed by atoms with Gasteiger partial charge in [-0.15, -0.1) is 0 Å². The van der Waals surface area contributed by atoms with Crippen molar-refractivity contribution in [1.82, 2.24) is 4.98 Å². The van der Waals surface area contributed by atoms with E-state index in [0.29, 0.717) is 11.3 Å². The molecule has 2 heterocycles. The number of hydrogen-bond donors (Lipinski definition) is 0. The maximum Gasteiger partial charge on any atom is 0.155 e. The van der Waals surface area contributed by atoms with E-state index in [1.807, 2.05) is 0 Å². The van der Waals surface area contributed by atoms with Gasteiger partial charge in [0.2, 0.25) is 0 Å². The molecule has 15 heavy (non-hydrogen) atoms. The molecular weight excluding hydrogens is 192 g/mol. The van der Waals surface area contributed by atoms with Crippen molar-refractivity contribution < 1.29 is 9.47 Å². The lowest BCUT2D eigenvalue weighted by Crippen LogP contribution is -2.26. The minimum absolute atomic E-state index is 0.148. The highest BCUT2D eigenvalue weighted by molar-refractivity contribution is 5.40. The van der Waals surface area contributed by atoms with Crippen LogP contribution in [0.5, 0.6) is 5.75 Å². The van der Waals surface area contributed by atoms with Crippen molar-refractivity contribution >= 4 is 0 Å². The van der Waals surface area contributed by atoms with Crippen molar-refractivity contribution in [2.75, 3.05) is 13.2 Å². The minimum atomic E-state index is 0.148. The van der Waals surface area contributed by atoms with Gasteiger partial charge < -0.3 is 9.47 Å². The molecule has 0 amide bonds. The van der Waals surface area contributed by atoms with Crippen LogP contribution in [-0.4, -0.2) is 24.3 Å². The fourth-order valence-corrected chi connectivity index (χ4v) is 1.54. The van der Waals surface area contributed by atoms with Gasteiger partial charge in [0.05, 0.1) is 25.0 Å². The van der Waals surface area contributed by atoms with Gasteiger partial charge in [0, 0.05) is 19.0 Å². The van der Waals surface area contributed by atoms with E-state index in [1.165, 1.54) is 0 Å². The van der Waals surface area contributed by atoms with Gasteiger partial charge in [-0.05, 0) is 6.07 Å². The minimum Gasteiger partial charge on any atom is -0.487 e. The Kier molecular flexibility index (Phi) is 3.15. The summed E-state index contributed by atoms with van der Waals surface area (Å²) >= 11 is 0. The van der Waals surface area contributed by atoms with Gasteiger partial charge in [0.15, 0.2) is 5.75 Å². The lowest BCUT2D eigenvalue weighted by molar-refractivity contribution is 0.0253. The molecule has 0 bridgehead atoms. The molecule has 1 aromatic heterocycles. The molecule has 0 spiro atoms. The monoisotopic (exact) mass is 204 g/mol. The Morgan fingerprint density at radius 2 is 2.27 bits per heavy atom. The first-order valence-electron chi connectivity index (χ1n) is 4.98. The third kappa shape index (κ3) is 2.45. The summed E-state index contributed by atoms with van der Waals surface area (Å²) in [5, 5.41) is 8.87. The summed E-state index contributed by atoms with van der Waals surface area (Å²) in [5.74, 6) is 0.576. The standard InChI is InChI=1S/C11H12N2O2/c12-7-9-1-4-13-8-11(9)15-10-2-5-14-6-3-10/h1,4,8,10H,2-3,5-6H2. The predicted octanol–water partition coefficient (Wildman–Crippen LogP) is 1.51. The van der Waals surface area contributed by atoms with Crippen LogP contribution in [0.2, 0.25) is 0 Å². The summed E-state index contributed by atoms with van der Waals surface area (Å²) in [5.41, 5.74) is 0.538. The molecule has 4 heteroatoms. The molecule has 0 unspecified atom stereocenters. The topological polar surface area (TPSA) is 55.1 Å². The van der Waals surface area contributed by atoms with Crippen molar-refractivity contribution in [2.24, 2.45) is 0 Å². The second-order valence-corrected chi connectivity index (χ2v) is 3.41. The van der Waals surface area contributed by atoms with Crippen molar-refractivity contribution in [3.05, 3.63) is 24.0 Å². The summed E-state index contributed by atoms with van der Waals surface area (Å²) < 4.78 is 10.9. The Balaban J connectivity index is 2.06.